The topological polar surface area (TPSA) is 99.3 Å². The molecule has 7 nitrogen and oxygen atoms in total. The van der Waals surface area contributed by atoms with Crippen LogP contribution >= 0.6 is 23.1 Å². The van der Waals surface area contributed by atoms with E-state index in [1.807, 2.05) is 49.4 Å². The Morgan fingerprint density at radius 2 is 1.70 bits per heavy atom. The molecule has 7 rings (SSSR count). The van der Waals surface area contributed by atoms with Crippen LogP contribution in [0.1, 0.15) is 28.3 Å². The number of hydrogen-bond donors (Lipinski definition) is 2. The summed E-state index contributed by atoms with van der Waals surface area (Å²) in [6.07, 6.45) is 0.834. The second-order valence-electron chi connectivity index (χ2n) is 10.5. The number of carbonyl (C=O) groups excluding carboxylic acids is 3. The summed E-state index contributed by atoms with van der Waals surface area (Å²) in [5.74, 6) is -1.31. The van der Waals surface area contributed by atoms with E-state index in [0.29, 0.717) is 5.69 Å². The molecule has 0 radical (unpaired) electrons. The van der Waals surface area contributed by atoms with Gasteiger partial charge in [0, 0.05) is 21.7 Å². The van der Waals surface area contributed by atoms with E-state index in [4.69, 9.17) is 0 Å². The molecule has 3 aromatic rings. The highest BCUT2D eigenvalue weighted by atomic mass is 32.2. The molecule has 4 aliphatic rings. The van der Waals surface area contributed by atoms with Crippen molar-refractivity contribution in [1.29, 1.82) is 0 Å². The van der Waals surface area contributed by atoms with Gasteiger partial charge in [0.2, 0.25) is 17.7 Å². The highest BCUT2D eigenvalue weighted by Gasteiger charge is 2.69. The lowest BCUT2D eigenvalue weighted by atomic mass is 9.68. The molecule has 2 saturated carbocycles. The first kappa shape index (κ1) is 23.0. The van der Waals surface area contributed by atoms with Crippen LogP contribution in [-0.2, 0) is 14.4 Å². The number of rotatable bonds is 4. The highest BCUT2D eigenvalue weighted by Crippen LogP contribution is 2.68. The standard InChI is InChI=1S/C28H25N3O4S2/c1-13-7-9-15(10-8-13)29-18(32)12-31-26(33)21-16-11-17(22(21)27(31)34)23-20(16)19(14-5-3-2-4-6-14)24-25(36-23)30-28(35)37-24/h2-10,16-17,19-23H,11-12H2,1H3,(H,29,32)(H,30,35)/t16-,17+,19+,20+,21+,22+,23-/m1/s1. The van der Waals surface area contributed by atoms with E-state index in [0.717, 1.165) is 27.5 Å². The fraction of sp³-hybridized carbons (Fsp3) is 0.357. The minimum absolute atomic E-state index is 0.0177. The number of fused-ring (bicyclic) bond motifs is 9. The molecule has 2 aliphatic heterocycles. The Morgan fingerprint density at radius 1 is 1.00 bits per heavy atom. The van der Waals surface area contributed by atoms with Gasteiger partial charge >= 0.3 is 4.87 Å². The number of H-pyrrole nitrogens is 1. The summed E-state index contributed by atoms with van der Waals surface area (Å²) in [7, 11) is 0. The average Bonchev–Trinajstić information content (AvgIpc) is 3.62. The molecule has 37 heavy (non-hydrogen) atoms. The van der Waals surface area contributed by atoms with E-state index in [2.05, 4.69) is 22.4 Å². The van der Waals surface area contributed by atoms with Crippen molar-refractivity contribution >= 4 is 46.5 Å². The van der Waals surface area contributed by atoms with Crippen LogP contribution < -0.4 is 10.2 Å². The van der Waals surface area contributed by atoms with Crippen molar-refractivity contribution < 1.29 is 14.4 Å². The first-order valence-corrected chi connectivity index (χ1v) is 14.3. The third kappa shape index (κ3) is 3.47. The molecule has 2 N–H and O–H groups in total. The number of thiazole rings is 1. The Morgan fingerprint density at radius 3 is 2.43 bits per heavy atom. The number of aromatic nitrogens is 1. The second kappa shape index (κ2) is 8.43. The molecule has 1 saturated heterocycles. The quantitative estimate of drug-likeness (QED) is 0.498. The summed E-state index contributed by atoms with van der Waals surface area (Å²) in [4.78, 5) is 57.5. The predicted molar refractivity (Wildman–Crippen MR) is 141 cm³/mol. The van der Waals surface area contributed by atoms with Crippen LogP contribution in [0.25, 0.3) is 0 Å². The number of thioether (sulfide) groups is 1. The van der Waals surface area contributed by atoms with Gasteiger partial charge in [-0.15, -0.1) is 11.8 Å². The molecule has 0 unspecified atom stereocenters. The highest BCUT2D eigenvalue weighted by molar-refractivity contribution is 8.00. The van der Waals surface area contributed by atoms with Gasteiger partial charge in [-0.1, -0.05) is 59.4 Å². The number of amides is 3. The Bertz CT molecular complexity index is 1480. The Kier molecular flexibility index (Phi) is 5.23. The summed E-state index contributed by atoms with van der Waals surface area (Å²) >= 11 is 2.93. The number of imide groups is 1. The Labute approximate surface area is 221 Å². The van der Waals surface area contributed by atoms with E-state index in [1.54, 1.807) is 11.8 Å². The van der Waals surface area contributed by atoms with Crippen molar-refractivity contribution in [1.82, 2.24) is 9.88 Å². The van der Waals surface area contributed by atoms with Crippen molar-refractivity contribution in [3.05, 3.63) is 80.3 Å². The number of benzene rings is 2. The van der Waals surface area contributed by atoms with Gasteiger partial charge in [0.25, 0.3) is 0 Å². The number of hydrogen-bond acceptors (Lipinski definition) is 6. The zero-order valence-corrected chi connectivity index (χ0v) is 21.7. The summed E-state index contributed by atoms with van der Waals surface area (Å²) in [5.41, 5.74) is 2.87. The number of anilines is 1. The minimum atomic E-state index is -0.394. The van der Waals surface area contributed by atoms with Crippen LogP contribution in [0.4, 0.5) is 5.69 Å². The molecular formula is C28H25N3O4S2. The van der Waals surface area contributed by atoms with Crippen LogP contribution in [0.5, 0.6) is 0 Å². The maximum atomic E-state index is 13.7. The van der Waals surface area contributed by atoms with Crippen molar-refractivity contribution in [2.24, 2.45) is 29.6 Å². The van der Waals surface area contributed by atoms with Gasteiger partial charge in [-0.05, 0) is 48.8 Å². The summed E-state index contributed by atoms with van der Waals surface area (Å²) in [6, 6.07) is 17.6. The number of aromatic amines is 1. The van der Waals surface area contributed by atoms with E-state index in [1.165, 1.54) is 16.2 Å². The van der Waals surface area contributed by atoms with Gasteiger partial charge in [-0.3, -0.25) is 24.1 Å². The zero-order chi connectivity index (χ0) is 25.4. The SMILES string of the molecule is Cc1ccc(NC(=O)CN2C(=O)[C@H]3[C@@H]4C[C@@H]([C@@H]3C2=O)[C@H]2[C@H](c3ccccc3)c3sc(=O)[nH]c3S[C@H]42)cc1. The first-order chi connectivity index (χ1) is 17.9. The fourth-order valence-corrected chi connectivity index (χ4v) is 10.1. The van der Waals surface area contributed by atoms with Crippen molar-refractivity contribution in [2.75, 3.05) is 11.9 Å². The van der Waals surface area contributed by atoms with Crippen LogP contribution in [0, 0.1) is 36.5 Å². The number of nitrogens with zero attached hydrogens (tertiary/aromatic N) is 1. The van der Waals surface area contributed by atoms with Crippen LogP contribution in [0.2, 0.25) is 0 Å². The third-order valence-corrected chi connectivity index (χ3v) is 11.2. The average molecular weight is 532 g/mol. The van der Waals surface area contributed by atoms with Gasteiger partial charge in [-0.2, -0.15) is 0 Å². The van der Waals surface area contributed by atoms with Crippen LogP contribution in [-0.4, -0.2) is 39.4 Å². The molecule has 9 heteroatoms. The molecule has 1 aromatic heterocycles. The molecule has 7 atom stereocenters. The van der Waals surface area contributed by atoms with Gasteiger partial charge < -0.3 is 10.3 Å². The maximum Gasteiger partial charge on any atom is 0.305 e. The van der Waals surface area contributed by atoms with E-state index >= 15 is 0 Å². The Hall–Kier alpha value is -3.17. The lowest BCUT2D eigenvalue weighted by Crippen LogP contribution is -2.42. The van der Waals surface area contributed by atoms with Gasteiger partial charge in [0.15, 0.2) is 0 Å². The molecule has 2 bridgehead atoms. The number of aryl methyl sites for hydroxylation is 1. The second-order valence-corrected chi connectivity index (χ2v) is 12.8. The van der Waals surface area contributed by atoms with E-state index < -0.39 is 5.92 Å². The Balaban J connectivity index is 1.18. The smallest absolute Gasteiger partial charge is 0.305 e. The molecule has 188 valence electrons. The van der Waals surface area contributed by atoms with E-state index in [9.17, 15) is 19.2 Å². The summed E-state index contributed by atoms with van der Waals surface area (Å²) in [6.45, 7) is 1.71. The maximum absolute atomic E-state index is 13.7. The molecule has 0 spiro atoms. The lowest BCUT2D eigenvalue weighted by molar-refractivity contribution is -0.143. The minimum Gasteiger partial charge on any atom is -0.325 e. The third-order valence-electron chi connectivity index (χ3n) is 8.61. The number of carbonyl (C=O) groups is 3. The van der Waals surface area contributed by atoms with Crippen LogP contribution in [0.3, 0.4) is 0 Å². The fourth-order valence-electron chi connectivity index (χ4n) is 7.25. The largest absolute Gasteiger partial charge is 0.325 e. The van der Waals surface area contributed by atoms with Crippen molar-refractivity contribution in [3.63, 3.8) is 0 Å². The van der Waals surface area contributed by atoms with Gasteiger partial charge in [0.1, 0.15) is 6.54 Å². The predicted octanol–water partition coefficient (Wildman–Crippen LogP) is 3.86. The zero-order valence-electron chi connectivity index (χ0n) is 20.0. The number of likely N-dealkylation sites (tertiary alicyclic amines) is 1. The molecule has 3 amide bonds. The van der Waals surface area contributed by atoms with Gasteiger partial charge in [-0.25, -0.2) is 0 Å². The lowest BCUT2D eigenvalue weighted by Gasteiger charge is -2.43. The van der Waals surface area contributed by atoms with E-state index in [-0.39, 0.29) is 64.0 Å². The molecular weight excluding hydrogens is 506 g/mol. The molecule has 3 heterocycles. The number of nitrogens with one attached hydrogen (secondary N) is 2. The summed E-state index contributed by atoms with van der Waals surface area (Å²) < 4.78 is 0. The molecule has 2 aliphatic carbocycles. The van der Waals surface area contributed by atoms with Gasteiger partial charge in [0.05, 0.1) is 16.9 Å². The van der Waals surface area contributed by atoms with Crippen molar-refractivity contribution in [2.45, 2.75) is 29.5 Å². The summed E-state index contributed by atoms with van der Waals surface area (Å²) in [5, 5.41) is 3.86. The monoisotopic (exact) mass is 531 g/mol. The normalized spacial score (nSPS) is 31.3. The van der Waals surface area contributed by atoms with Crippen LogP contribution in [0.15, 0.2) is 64.4 Å². The van der Waals surface area contributed by atoms with Crippen molar-refractivity contribution in [3.8, 4) is 0 Å². The molecule has 2 aromatic carbocycles. The molecule has 3 fully saturated rings. The first-order valence-electron chi connectivity index (χ1n) is 12.6.